The Kier molecular flexibility index (Phi) is 6.65. The van der Waals surface area contributed by atoms with E-state index in [9.17, 15) is 9.59 Å². The third-order valence-corrected chi connectivity index (χ3v) is 4.17. The predicted molar refractivity (Wildman–Crippen MR) is 95.2 cm³/mol. The summed E-state index contributed by atoms with van der Waals surface area (Å²) >= 11 is 7.13. The van der Waals surface area contributed by atoms with Crippen LogP contribution in [-0.2, 0) is 16.1 Å². The number of hydrogen-bond donors (Lipinski definition) is 2. The van der Waals surface area contributed by atoms with Crippen LogP contribution in [0.2, 0.25) is 4.34 Å². The van der Waals surface area contributed by atoms with E-state index in [0.29, 0.717) is 34.5 Å². The smallest absolute Gasteiger partial charge is 0.238 e. The third-order valence-electron chi connectivity index (χ3n) is 3.19. The predicted octanol–water partition coefficient (Wildman–Crippen LogP) is 2.61. The SMILES string of the molecule is CCN(CC(=O)Nc1ccc(NC(C)=O)cc1)Cc1nnsc1Cl. The lowest BCUT2D eigenvalue weighted by Gasteiger charge is -2.18. The molecule has 1 heterocycles. The van der Waals surface area contributed by atoms with Crippen molar-refractivity contribution < 1.29 is 9.59 Å². The molecule has 0 aliphatic rings. The van der Waals surface area contributed by atoms with Gasteiger partial charge in [-0.15, -0.1) is 5.10 Å². The van der Waals surface area contributed by atoms with Crippen molar-refractivity contribution in [2.45, 2.75) is 20.4 Å². The average molecular weight is 368 g/mol. The van der Waals surface area contributed by atoms with Crippen LogP contribution in [0.15, 0.2) is 24.3 Å². The monoisotopic (exact) mass is 367 g/mol. The minimum atomic E-state index is -0.138. The molecule has 2 N–H and O–H groups in total. The minimum Gasteiger partial charge on any atom is -0.326 e. The van der Waals surface area contributed by atoms with Gasteiger partial charge in [-0.1, -0.05) is 23.0 Å². The molecule has 2 rings (SSSR count). The first kappa shape index (κ1) is 18.3. The molecule has 1 aromatic carbocycles. The standard InChI is InChI=1S/C15H18ClN5O2S/c1-3-21(8-13-15(16)24-20-19-13)9-14(23)18-12-6-4-11(5-7-12)17-10(2)22/h4-7H,3,8-9H2,1-2H3,(H,17,22)(H,18,23). The molecule has 0 aliphatic heterocycles. The molecule has 2 aromatic rings. The highest BCUT2D eigenvalue weighted by Gasteiger charge is 2.14. The van der Waals surface area contributed by atoms with Crippen molar-refractivity contribution in [3.63, 3.8) is 0 Å². The third kappa shape index (κ3) is 5.55. The lowest BCUT2D eigenvalue weighted by atomic mass is 10.2. The summed E-state index contributed by atoms with van der Waals surface area (Å²) in [6, 6.07) is 6.94. The Labute approximate surface area is 149 Å². The van der Waals surface area contributed by atoms with Gasteiger partial charge in [0.2, 0.25) is 11.8 Å². The first-order valence-corrected chi connectivity index (χ1v) is 8.49. The molecule has 7 nitrogen and oxygen atoms in total. The van der Waals surface area contributed by atoms with E-state index in [-0.39, 0.29) is 18.4 Å². The summed E-state index contributed by atoms with van der Waals surface area (Å²) in [6.07, 6.45) is 0. The molecule has 1 aromatic heterocycles. The van der Waals surface area contributed by atoms with E-state index in [1.54, 1.807) is 24.3 Å². The number of rotatable bonds is 7. The van der Waals surface area contributed by atoms with Gasteiger partial charge in [0.25, 0.3) is 0 Å². The fourth-order valence-electron chi connectivity index (χ4n) is 2.03. The summed E-state index contributed by atoms with van der Waals surface area (Å²) < 4.78 is 4.33. The number of benzene rings is 1. The van der Waals surface area contributed by atoms with Crippen molar-refractivity contribution in [1.82, 2.24) is 14.5 Å². The number of carbonyl (C=O) groups excluding carboxylic acids is 2. The van der Waals surface area contributed by atoms with E-state index in [2.05, 4.69) is 20.2 Å². The number of aromatic nitrogens is 2. The maximum Gasteiger partial charge on any atom is 0.238 e. The van der Waals surface area contributed by atoms with Crippen molar-refractivity contribution in [2.75, 3.05) is 23.7 Å². The van der Waals surface area contributed by atoms with Crippen molar-refractivity contribution in [3.8, 4) is 0 Å². The lowest BCUT2D eigenvalue weighted by molar-refractivity contribution is -0.117. The molecular weight excluding hydrogens is 350 g/mol. The van der Waals surface area contributed by atoms with Crippen LogP contribution in [0.1, 0.15) is 19.5 Å². The van der Waals surface area contributed by atoms with Gasteiger partial charge in [0, 0.05) is 36.4 Å². The number of nitrogens with zero attached hydrogens (tertiary/aromatic N) is 3. The molecule has 0 fully saturated rings. The second-order valence-electron chi connectivity index (χ2n) is 5.10. The van der Waals surface area contributed by atoms with Crippen molar-refractivity contribution in [1.29, 1.82) is 0 Å². The molecule has 0 radical (unpaired) electrons. The van der Waals surface area contributed by atoms with Gasteiger partial charge in [0.05, 0.1) is 6.54 Å². The van der Waals surface area contributed by atoms with E-state index >= 15 is 0 Å². The molecule has 24 heavy (non-hydrogen) atoms. The number of hydrogen-bond acceptors (Lipinski definition) is 6. The van der Waals surface area contributed by atoms with E-state index in [4.69, 9.17) is 11.6 Å². The second-order valence-corrected chi connectivity index (χ2v) is 6.46. The van der Waals surface area contributed by atoms with Gasteiger partial charge < -0.3 is 10.6 Å². The molecule has 0 saturated heterocycles. The van der Waals surface area contributed by atoms with Crippen LogP contribution >= 0.6 is 23.1 Å². The summed E-state index contributed by atoms with van der Waals surface area (Å²) in [6.45, 7) is 4.78. The maximum atomic E-state index is 12.2. The zero-order chi connectivity index (χ0) is 17.5. The number of likely N-dealkylation sites (N-methyl/N-ethyl adjacent to an activating group) is 1. The van der Waals surface area contributed by atoms with Gasteiger partial charge in [0.15, 0.2) is 0 Å². The number of amides is 2. The first-order valence-electron chi connectivity index (χ1n) is 7.34. The molecule has 0 spiro atoms. The molecule has 0 bridgehead atoms. The zero-order valence-electron chi connectivity index (χ0n) is 13.4. The maximum absolute atomic E-state index is 12.2. The van der Waals surface area contributed by atoms with Crippen LogP contribution < -0.4 is 10.6 Å². The summed E-state index contributed by atoms with van der Waals surface area (Å²) in [5.74, 6) is -0.274. The first-order chi connectivity index (χ1) is 11.5. The van der Waals surface area contributed by atoms with E-state index < -0.39 is 0 Å². The number of nitrogens with one attached hydrogen (secondary N) is 2. The van der Waals surface area contributed by atoms with Crippen molar-refractivity contribution >= 4 is 46.3 Å². The molecule has 128 valence electrons. The van der Waals surface area contributed by atoms with Gasteiger partial charge in [-0.3, -0.25) is 14.5 Å². The summed E-state index contributed by atoms with van der Waals surface area (Å²) in [7, 11) is 0. The summed E-state index contributed by atoms with van der Waals surface area (Å²) in [4.78, 5) is 25.1. The fraction of sp³-hybridized carbons (Fsp3) is 0.333. The quantitative estimate of drug-likeness (QED) is 0.785. The fourth-order valence-corrected chi connectivity index (χ4v) is 2.64. The lowest BCUT2D eigenvalue weighted by Crippen LogP contribution is -2.33. The minimum absolute atomic E-state index is 0.136. The van der Waals surface area contributed by atoms with Crippen molar-refractivity contribution in [2.24, 2.45) is 0 Å². The highest BCUT2D eigenvalue weighted by molar-refractivity contribution is 7.10. The Hall–Kier alpha value is -2.03. The Morgan fingerprint density at radius 1 is 1.21 bits per heavy atom. The van der Waals surface area contributed by atoms with Gasteiger partial charge in [-0.2, -0.15) is 0 Å². The Bertz CT molecular complexity index is 704. The summed E-state index contributed by atoms with van der Waals surface area (Å²) in [5, 5.41) is 9.45. The molecule has 2 amide bonds. The molecule has 9 heteroatoms. The Morgan fingerprint density at radius 2 is 1.83 bits per heavy atom. The van der Waals surface area contributed by atoms with Gasteiger partial charge >= 0.3 is 0 Å². The Morgan fingerprint density at radius 3 is 2.33 bits per heavy atom. The van der Waals surface area contributed by atoms with Gasteiger partial charge in [0.1, 0.15) is 10.0 Å². The molecule has 0 unspecified atom stereocenters. The average Bonchev–Trinajstić information content (AvgIpc) is 2.93. The van der Waals surface area contributed by atoms with E-state index in [1.807, 2.05) is 11.8 Å². The number of carbonyl (C=O) groups is 2. The second kappa shape index (κ2) is 8.72. The molecule has 0 aliphatic carbocycles. The van der Waals surface area contributed by atoms with Crippen LogP contribution in [0.3, 0.4) is 0 Å². The largest absolute Gasteiger partial charge is 0.326 e. The Balaban J connectivity index is 1.89. The van der Waals surface area contributed by atoms with Crippen LogP contribution in [0.25, 0.3) is 0 Å². The van der Waals surface area contributed by atoms with E-state index in [1.165, 1.54) is 6.92 Å². The van der Waals surface area contributed by atoms with Gasteiger partial charge in [-0.25, -0.2) is 0 Å². The summed E-state index contributed by atoms with van der Waals surface area (Å²) in [5.41, 5.74) is 2.02. The highest BCUT2D eigenvalue weighted by Crippen LogP contribution is 2.19. The zero-order valence-corrected chi connectivity index (χ0v) is 14.9. The topological polar surface area (TPSA) is 87.2 Å². The van der Waals surface area contributed by atoms with Crippen LogP contribution in [0.4, 0.5) is 11.4 Å². The molecule has 0 atom stereocenters. The van der Waals surface area contributed by atoms with Crippen molar-refractivity contribution in [3.05, 3.63) is 34.3 Å². The van der Waals surface area contributed by atoms with Crippen LogP contribution in [0, 0.1) is 0 Å². The highest BCUT2D eigenvalue weighted by atomic mass is 35.5. The van der Waals surface area contributed by atoms with Crippen LogP contribution in [-0.4, -0.2) is 39.4 Å². The van der Waals surface area contributed by atoms with Crippen LogP contribution in [0.5, 0.6) is 0 Å². The normalized spacial score (nSPS) is 10.7. The number of halogens is 1. The molecular formula is C15H18ClN5O2S. The van der Waals surface area contributed by atoms with E-state index in [0.717, 1.165) is 11.5 Å². The van der Waals surface area contributed by atoms with Gasteiger partial charge in [-0.05, 0) is 30.8 Å². The number of anilines is 2. The molecule has 0 saturated carbocycles.